The van der Waals surface area contributed by atoms with Crippen molar-refractivity contribution in [2.45, 2.75) is 174 Å². The van der Waals surface area contributed by atoms with E-state index in [9.17, 15) is 9.59 Å². The molecule has 0 aliphatic rings. The van der Waals surface area contributed by atoms with E-state index in [4.69, 9.17) is 9.84 Å². The second-order valence-electron chi connectivity index (χ2n) is 10.1. The highest BCUT2D eigenvalue weighted by atomic mass is 16.5. The molecule has 0 rings (SSSR count). The topological polar surface area (TPSA) is 63.6 Å². The first-order valence-corrected chi connectivity index (χ1v) is 14.5. The molecule has 0 spiro atoms. The number of hydrogen-bond donors (Lipinski definition) is 1. The number of ether oxygens (including phenoxy) is 1. The SMILES string of the molecule is CCCCCCCCCCCCCCC(=O)OC(C)CCCCCCCCCCCC(=O)O. The number of unbranched alkanes of at least 4 members (excludes halogenated alkanes) is 19. The lowest BCUT2D eigenvalue weighted by Gasteiger charge is -2.13. The maximum absolute atomic E-state index is 12.0. The van der Waals surface area contributed by atoms with Gasteiger partial charge in [0, 0.05) is 12.8 Å². The van der Waals surface area contributed by atoms with Gasteiger partial charge in [-0.2, -0.15) is 0 Å². The predicted molar refractivity (Wildman–Crippen MR) is 140 cm³/mol. The van der Waals surface area contributed by atoms with Crippen molar-refractivity contribution in [3.8, 4) is 0 Å². The first-order chi connectivity index (χ1) is 16.1. The van der Waals surface area contributed by atoms with Crippen LogP contribution in [0.1, 0.15) is 168 Å². The lowest BCUT2D eigenvalue weighted by Crippen LogP contribution is -2.14. The van der Waals surface area contributed by atoms with E-state index in [2.05, 4.69) is 6.92 Å². The molecule has 0 bridgehead atoms. The Balaban J connectivity index is 3.31. The van der Waals surface area contributed by atoms with Gasteiger partial charge in [-0.25, -0.2) is 0 Å². The second-order valence-corrected chi connectivity index (χ2v) is 10.1. The minimum atomic E-state index is -0.681. The van der Waals surface area contributed by atoms with Crippen LogP contribution in [0.5, 0.6) is 0 Å². The summed E-state index contributed by atoms with van der Waals surface area (Å²) in [6.45, 7) is 4.29. The van der Waals surface area contributed by atoms with E-state index in [1.165, 1.54) is 96.3 Å². The number of aliphatic carboxylic acids is 1. The zero-order valence-electron chi connectivity index (χ0n) is 22.2. The summed E-state index contributed by atoms with van der Waals surface area (Å²) in [6, 6.07) is 0. The van der Waals surface area contributed by atoms with Crippen LogP contribution in [0.15, 0.2) is 0 Å². The van der Waals surface area contributed by atoms with Crippen LogP contribution < -0.4 is 0 Å². The molecule has 0 aliphatic carbocycles. The zero-order valence-corrected chi connectivity index (χ0v) is 22.2. The van der Waals surface area contributed by atoms with Gasteiger partial charge in [-0.05, 0) is 32.6 Å². The third-order valence-electron chi connectivity index (χ3n) is 6.57. The van der Waals surface area contributed by atoms with Crippen molar-refractivity contribution < 1.29 is 19.4 Å². The van der Waals surface area contributed by atoms with Gasteiger partial charge in [0.1, 0.15) is 0 Å². The van der Waals surface area contributed by atoms with Crippen LogP contribution in [0.4, 0.5) is 0 Å². The van der Waals surface area contributed by atoms with Crippen molar-refractivity contribution in [3.05, 3.63) is 0 Å². The third-order valence-corrected chi connectivity index (χ3v) is 6.57. The largest absolute Gasteiger partial charge is 0.481 e. The van der Waals surface area contributed by atoms with Gasteiger partial charge in [-0.1, -0.05) is 122 Å². The number of esters is 1. The normalized spacial score (nSPS) is 12.1. The maximum atomic E-state index is 12.0. The number of carboxylic acid groups (broad SMARTS) is 1. The molecule has 0 heterocycles. The second kappa shape index (κ2) is 25.6. The molecular weight excluding hydrogens is 412 g/mol. The van der Waals surface area contributed by atoms with Crippen LogP contribution in [0, 0.1) is 0 Å². The Hall–Kier alpha value is -1.06. The lowest BCUT2D eigenvalue weighted by molar-refractivity contribution is -0.148. The van der Waals surface area contributed by atoms with Crippen LogP contribution >= 0.6 is 0 Å². The molecule has 1 N–H and O–H groups in total. The summed E-state index contributed by atoms with van der Waals surface area (Å²) >= 11 is 0. The summed E-state index contributed by atoms with van der Waals surface area (Å²) in [5.74, 6) is -0.697. The molecule has 0 amide bonds. The van der Waals surface area contributed by atoms with Gasteiger partial charge >= 0.3 is 11.9 Å². The van der Waals surface area contributed by atoms with E-state index in [0.717, 1.165) is 44.9 Å². The molecule has 4 heteroatoms. The summed E-state index contributed by atoms with van der Waals surface area (Å²) in [4.78, 5) is 22.4. The summed E-state index contributed by atoms with van der Waals surface area (Å²) in [5.41, 5.74) is 0. The summed E-state index contributed by atoms with van der Waals surface area (Å²) in [5, 5.41) is 8.61. The van der Waals surface area contributed by atoms with Crippen LogP contribution in [0.25, 0.3) is 0 Å². The molecular formula is C29H56O4. The van der Waals surface area contributed by atoms with E-state index in [-0.39, 0.29) is 12.1 Å². The number of rotatable bonds is 26. The van der Waals surface area contributed by atoms with Crippen molar-refractivity contribution in [1.29, 1.82) is 0 Å². The number of carbonyl (C=O) groups excluding carboxylic acids is 1. The predicted octanol–water partition coefficient (Wildman–Crippen LogP) is 9.39. The highest BCUT2D eigenvalue weighted by molar-refractivity contribution is 5.69. The van der Waals surface area contributed by atoms with Crippen molar-refractivity contribution in [1.82, 2.24) is 0 Å². The van der Waals surface area contributed by atoms with E-state index in [1.807, 2.05) is 6.92 Å². The van der Waals surface area contributed by atoms with Gasteiger partial charge in [0.15, 0.2) is 0 Å². The fourth-order valence-electron chi connectivity index (χ4n) is 4.40. The van der Waals surface area contributed by atoms with Gasteiger partial charge in [-0.3, -0.25) is 9.59 Å². The minimum Gasteiger partial charge on any atom is -0.481 e. The van der Waals surface area contributed by atoms with E-state index in [0.29, 0.717) is 12.8 Å². The monoisotopic (exact) mass is 468 g/mol. The summed E-state index contributed by atoms with van der Waals surface area (Å²) < 4.78 is 5.57. The highest BCUT2D eigenvalue weighted by Crippen LogP contribution is 2.15. The average molecular weight is 469 g/mol. The van der Waals surface area contributed by atoms with E-state index < -0.39 is 5.97 Å². The molecule has 0 radical (unpaired) electrons. The number of hydrogen-bond acceptors (Lipinski definition) is 3. The fraction of sp³-hybridized carbons (Fsp3) is 0.931. The van der Waals surface area contributed by atoms with Crippen LogP contribution in [-0.4, -0.2) is 23.1 Å². The molecule has 0 aromatic rings. The summed E-state index contributed by atoms with van der Waals surface area (Å²) in [6.07, 6.45) is 27.9. The highest BCUT2D eigenvalue weighted by Gasteiger charge is 2.09. The third kappa shape index (κ3) is 27.1. The molecule has 1 atom stereocenters. The molecule has 0 saturated carbocycles. The maximum Gasteiger partial charge on any atom is 0.306 e. The quantitative estimate of drug-likeness (QED) is 0.101. The van der Waals surface area contributed by atoms with Gasteiger partial charge < -0.3 is 9.84 Å². The van der Waals surface area contributed by atoms with Gasteiger partial charge in [0.05, 0.1) is 6.10 Å². The molecule has 4 nitrogen and oxygen atoms in total. The van der Waals surface area contributed by atoms with Gasteiger partial charge in [0.25, 0.3) is 0 Å². The lowest BCUT2D eigenvalue weighted by atomic mass is 10.0. The first kappa shape index (κ1) is 31.9. The Morgan fingerprint density at radius 1 is 0.576 bits per heavy atom. The molecule has 0 aromatic carbocycles. The molecule has 0 aromatic heterocycles. The first-order valence-electron chi connectivity index (χ1n) is 14.5. The fourth-order valence-corrected chi connectivity index (χ4v) is 4.40. The Bertz CT molecular complexity index is 435. The van der Waals surface area contributed by atoms with E-state index >= 15 is 0 Å². The van der Waals surface area contributed by atoms with Crippen LogP contribution in [0.3, 0.4) is 0 Å². The Kier molecular flexibility index (Phi) is 24.7. The molecule has 33 heavy (non-hydrogen) atoms. The van der Waals surface area contributed by atoms with Crippen LogP contribution in [-0.2, 0) is 14.3 Å². The van der Waals surface area contributed by atoms with Crippen molar-refractivity contribution in [3.63, 3.8) is 0 Å². The zero-order chi connectivity index (χ0) is 24.4. The number of carbonyl (C=O) groups is 2. The minimum absolute atomic E-state index is 0.0162. The van der Waals surface area contributed by atoms with Crippen molar-refractivity contribution >= 4 is 11.9 Å². The molecule has 0 saturated heterocycles. The Morgan fingerprint density at radius 2 is 0.939 bits per heavy atom. The average Bonchev–Trinajstić information content (AvgIpc) is 2.78. The molecule has 196 valence electrons. The number of carboxylic acids is 1. The van der Waals surface area contributed by atoms with Crippen LogP contribution in [0.2, 0.25) is 0 Å². The van der Waals surface area contributed by atoms with Crippen molar-refractivity contribution in [2.75, 3.05) is 0 Å². The molecule has 0 fully saturated rings. The van der Waals surface area contributed by atoms with Gasteiger partial charge in [0.2, 0.25) is 0 Å². The molecule has 0 aliphatic heterocycles. The summed E-state index contributed by atoms with van der Waals surface area (Å²) in [7, 11) is 0. The smallest absolute Gasteiger partial charge is 0.306 e. The standard InChI is InChI=1S/C29H56O4/c1-3-4-5-6-7-8-9-10-14-17-20-23-26-29(32)33-27(2)24-21-18-15-12-11-13-16-19-22-25-28(30)31/h27H,3-26H2,1-2H3,(H,30,31). The molecule has 1 unspecified atom stereocenters. The Morgan fingerprint density at radius 3 is 1.36 bits per heavy atom. The van der Waals surface area contributed by atoms with Gasteiger partial charge in [-0.15, -0.1) is 0 Å². The van der Waals surface area contributed by atoms with E-state index in [1.54, 1.807) is 0 Å². The van der Waals surface area contributed by atoms with Crippen molar-refractivity contribution in [2.24, 2.45) is 0 Å². The Labute approximate surface area is 205 Å².